The summed E-state index contributed by atoms with van der Waals surface area (Å²) in [7, 11) is 0. The third-order valence-electron chi connectivity index (χ3n) is 12.3. The predicted octanol–water partition coefficient (Wildman–Crippen LogP) is 9.36. The van der Waals surface area contributed by atoms with Crippen molar-refractivity contribution in [1.82, 2.24) is 0 Å². The molecule has 8 nitrogen and oxygen atoms in total. The van der Waals surface area contributed by atoms with E-state index >= 15 is 9.59 Å². The second-order valence-corrected chi connectivity index (χ2v) is 15.9. The number of para-hydroxylation sites is 2. The second-order valence-electron chi connectivity index (χ2n) is 15.9. The summed E-state index contributed by atoms with van der Waals surface area (Å²) in [6, 6.07) is 46.3. The molecule has 6 aromatic rings. The van der Waals surface area contributed by atoms with Crippen LogP contribution in [-0.2, 0) is 20.4 Å². The molecule has 2 amide bonds. The molecular formula is C58H48N2O6. The van der Waals surface area contributed by atoms with Gasteiger partial charge in [-0.25, -0.2) is 0 Å². The van der Waals surface area contributed by atoms with Crippen LogP contribution in [0.15, 0.2) is 146 Å². The molecule has 2 aliphatic rings. The van der Waals surface area contributed by atoms with Gasteiger partial charge < -0.3 is 28.7 Å². The van der Waals surface area contributed by atoms with Gasteiger partial charge in [-0.05, 0) is 95.8 Å². The van der Waals surface area contributed by atoms with Crippen molar-refractivity contribution in [2.24, 2.45) is 0 Å². The van der Waals surface area contributed by atoms with E-state index in [-0.39, 0.29) is 38.2 Å². The minimum atomic E-state index is -1.13. The zero-order chi connectivity index (χ0) is 45.9. The van der Waals surface area contributed by atoms with Crippen molar-refractivity contribution in [2.75, 3.05) is 49.3 Å². The summed E-state index contributed by atoms with van der Waals surface area (Å²) in [5.74, 6) is 12.4. The minimum Gasteiger partial charge on any atom is -0.481 e. The molecule has 0 aromatic heterocycles. The van der Waals surface area contributed by atoms with Crippen LogP contribution >= 0.6 is 0 Å². The molecule has 0 atom stereocenters. The number of unbranched alkanes of at least 4 members (excludes halogenated alkanes) is 3. The lowest BCUT2D eigenvalue weighted by Gasteiger charge is -2.31. The number of ether oxygens (including phenoxy) is 4. The minimum absolute atomic E-state index is 0.0415. The summed E-state index contributed by atoms with van der Waals surface area (Å²) in [6.45, 7) is 1.59. The monoisotopic (exact) mass is 868 g/mol. The van der Waals surface area contributed by atoms with Gasteiger partial charge >= 0.3 is 0 Å². The Kier molecular flexibility index (Phi) is 13.5. The Bertz CT molecular complexity index is 2530. The molecule has 66 heavy (non-hydrogen) atoms. The lowest BCUT2D eigenvalue weighted by molar-refractivity contribution is -0.121. The molecule has 0 aliphatic carbocycles. The number of amides is 2. The van der Waals surface area contributed by atoms with Gasteiger partial charge in [0.05, 0.1) is 0 Å². The van der Waals surface area contributed by atoms with Gasteiger partial charge in [0.2, 0.25) is 11.8 Å². The maximum atomic E-state index is 15.2. The Labute approximate surface area is 387 Å². The van der Waals surface area contributed by atoms with E-state index in [4.69, 9.17) is 44.6 Å². The number of benzene rings is 6. The SMILES string of the molecule is C#CCOc1ccc(C2(c3ccc(OCC#C)cc3)C(=O)N(CCCCCCN3C(=O)C(c4ccc(OCC#C)cc4)(c4ccc(OCC#C)cc4)c4ccccc43)c3ccccc32)cc1. The van der Waals surface area contributed by atoms with Crippen molar-refractivity contribution >= 4 is 23.2 Å². The molecule has 8 heteroatoms. The van der Waals surface area contributed by atoms with Gasteiger partial charge in [0.1, 0.15) is 60.3 Å². The van der Waals surface area contributed by atoms with Gasteiger partial charge in [-0.3, -0.25) is 9.59 Å². The van der Waals surface area contributed by atoms with Crippen LogP contribution in [0.25, 0.3) is 0 Å². The van der Waals surface area contributed by atoms with Crippen molar-refractivity contribution in [3.05, 3.63) is 179 Å². The summed E-state index contributed by atoms with van der Waals surface area (Å²) in [4.78, 5) is 34.3. The fraction of sp³-hybridized carbons (Fsp3) is 0.207. The normalized spacial score (nSPS) is 13.9. The van der Waals surface area contributed by atoms with Gasteiger partial charge in [0, 0.05) is 35.6 Å². The van der Waals surface area contributed by atoms with Crippen LogP contribution in [-0.4, -0.2) is 51.3 Å². The standard InChI is InChI=1S/C58H48N2O6/c1-5-39-63-47-29-21-43(22-30-47)57(44-23-31-48(32-24-44)64-40-6-2)51-17-11-13-19-53(51)59(55(57)61)37-15-9-10-16-38-60-54-20-14-12-18-52(54)58(56(60)62,45-25-33-49(34-26-45)65-41-7-3)46-27-35-50(36-28-46)66-42-8-4/h1-4,11-14,17-36H,9-10,15-16,37-42H2. The van der Waals surface area contributed by atoms with E-state index in [1.165, 1.54) is 0 Å². The van der Waals surface area contributed by atoms with E-state index in [9.17, 15) is 0 Å². The van der Waals surface area contributed by atoms with Gasteiger partial charge in [-0.2, -0.15) is 0 Å². The van der Waals surface area contributed by atoms with E-state index in [2.05, 4.69) is 23.7 Å². The third-order valence-corrected chi connectivity index (χ3v) is 12.3. The summed E-state index contributed by atoms with van der Waals surface area (Å²) in [6.07, 6.45) is 25.0. The van der Waals surface area contributed by atoms with Crippen molar-refractivity contribution in [3.8, 4) is 72.4 Å². The van der Waals surface area contributed by atoms with E-state index < -0.39 is 10.8 Å². The molecule has 0 saturated carbocycles. The first-order valence-corrected chi connectivity index (χ1v) is 21.9. The highest BCUT2D eigenvalue weighted by Crippen LogP contribution is 2.52. The Morgan fingerprint density at radius 3 is 0.924 bits per heavy atom. The number of nitrogens with zero attached hydrogens (tertiary/aromatic N) is 2. The number of hydrogen-bond acceptors (Lipinski definition) is 6. The number of terminal acetylenes is 4. The summed E-state index contributed by atoms with van der Waals surface area (Å²) in [5, 5.41) is 0. The first kappa shape index (κ1) is 44.3. The highest BCUT2D eigenvalue weighted by atomic mass is 16.5. The van der Waals surface area contributed by atoms with Gasteiger partial charge in [0.15, 0.2) is 0 Å². The number of hydrogen-bond donors (Lipinski definition) is 0. The van der Waals surface area contributed by atoms with Crippen LogP contribution in [0.2, 0.25) is 0 Å². The van der Waals surface area contributed by atoms with Gasteiger partial charge in [-0.1, -0.05) is 121 Å². The summed E-state index contributed by atoms with van der Waals surface area (Å²) < 4.78 is 22.8. The first-order chi connectivity index (χ1) is 32.4. The number of rotatable bonds is 19. The van der Waals surface area contributed by atoms with Crippen LogP contribution in [0.3, 0.4) is 0 Å². The number of anilines is 2. The van der Waals surface area contributed by atoms with E-state index in [1.807, 2.05) is 155 Å². The highest BCUT2D eigenvalue weighted by molar-refractivity contribution is 6.14. The molecule has 0 spiro atoms. The summed E-state index contributed by atoms with van der Waals surface area (Å²) in [5.41, 5.74) is 4.47. The highest BCUT2D eigenvalue weighted by Gasteiger charge is 2.54. The van der Waals surface area contributed by atoms with Crippen LogP contribution in [0.4, 0.5) is 11.4 Å². The average Bonchev–Trinajstić information content (AvgIpc) is 3.77. The van der Waals surface area contributed by atoms with Crippen molar-refractivity contribution in [1.29, 1.82) is 0 Å². The number of fused-ring (bicyclic) bond motifs is 2. The molecule has 0 unspecified atom stereocenters. The lowest BCUT2D eigenvalue weighted by Crippen LogP contribution is -2.42. The lowest BCUT2D eigenvalue weighted by atomic mass is 9.70. The maximum absolute atomic E-state index is 15.2. The quantitative estimate of drug-likeness (QED) is 0.0597. The summed E-state index contributed by atoms with van der Waals surface area (Å²) >= 11 is 0. The molecule has 6 aromatic carbocycles. The van der Waals surface area contributed by atoms with Gasteiger partial charge in [0.25, 0.3) is 0 Å². The molecule has 2 heterocycles. The van der Waals surface area contributed by atoms with Crippen molar-refractivity contribution in [3.63, 3.8) is 0 Å². The van der Waals surface area contributed by atoms with Crippen molar-refractivity contribution in [2.45, 2.75) is 36.5 Å². The fourth-order valence-electron chi connectivity index (χ4n) is 9.40. The van der Waals surface area contributed by atoms with Gasteiger partial charge in [-0.15, -0.1) is 25.7 Å². The largest absolute Gasteiger partial charge is 0.481 e. The molecule has 0 bridgehead atoms. The maximum Gasteiger partial charge on any atom is 0.246 e. The van der Waals surface area contributed by atoms with E-state index in [0.29, 0.717) is 36.1 Å². The molecule has 326 valence electrons. The Balaban J connectivity index is 1.01. The van der Waals surface area contributed by atoms with Crippen LogP contribution in [0.1, 0.15) is 59.1 Å². The Morgan fingerprint density at radius 1 is 0.379 bits per heavy atom. The second kappa shape index (κ2) is 20.0. The smallest absolute Gasteiger partial charge is 0.246 e. The van der Waals surface area contributed by atoms with Crippen LogP contribution in [0, 0.1) is 49.4 Å². The van der Waals surface area contributed by atoms with E-state index in [1.54, 1.807) is 0 Å². The zero-order valence-electron chi connectivity index (χ0n) is 36.6. The fourth-order valence-corrected chi connectivity index (χ4v) is 9.40. The molecule has 0 saturated heterocycles. The van der Waals surface area contributed by atoms with Crippen LogP contribution in [0.5, 0.6) is 23.0 Å². The third kappa shape index (κ3) is 8.18. The molecule has 8 rings (SSSR count). The van der Waals surface area contributed by atoms with E-state index in [0.717, 1.165) is 70.4 Å². The number of carbonyl (C=O) groups is 2. The zero-order valence-corrected chi connectivity index (χ0v) is 36.6. The number of carbonyl (C=O) groups excluding carboxylic acids is 2. The van der Waals surface area contributed by atoms with Crippen LogP contribution < -0.4 is 28.7 Å². The Hall–Kier alpha value is -8.30. The van der Waals surface area contributed by atoms with Crippen molar-refractivity contribution < 1.29 is 28.5 Å². The predicted molar refractivity (Wildman–Crippen MR) is 259 cm³/mol. The Morgan fingerprint density at radius 2 is 0.652 bits per heavy atom. The topological polar surface area (TPSA) is 77.5 Å². The molecule has 0 radical (unpaired) electrons. The molecule has 0 N–H and O–H groups in total. The first-order valence-electron chi connectivity index (χ1n) is 21.9. The molecule has 0 fully saturated rings. The molecule has 2 aliphatic heterocycles. The molecular weight excluding hydrogens is 821 g/mol. The average molecular weight is 869 g/mol.